The zero-order valence-electron chi connectivity index (χ0n) is 19.0. The number of hydrogen-bond donors (Lipinski definition) is 1. The van der Waals surface area contributed by atoms with Gasteiger partial charge in [-0.25, -0.2) is 15.0 Å². The quantitative estimate of drug-likeness (QED) is 0.444. The van der Waals surface area contributed by atoms with Crippen molar-refractivity contribution in [1.82, 2.24) is 4.98 Å². The van der Waals surface area contributed by atoms with Crippen molar-refractivity contribution in [3.05, 3.63) is 23.5 Å². The van der Waals surface area contributed by atoms with Crippen molar-refractivity contribution >= 4 is 11.8 Å². The fraction of sp³-hybridized carbons (Fsp3) is 0.708. The van der Waals surface area contributed by atoms with Gasteiger partial charge >= 0.3 is 0 Å². The van der Waals surface area contributed by atoms with E-state index < -0.39 is 0 Å². The fourth-order valence-electron chi connectivity index (χ4n) is 3.68. The van der Waals surface area contributed by atoms with Crippen molar-refractivity contribution in [2.24, 2.45) is 9.98 Å². The van der Waals surface area contributed by atoms with E-state index in [2.05, 4.69) is 15.0 Å². The molecule has 0 unspecified atom stereocenters. The summed E-state index contributed by atoms with van der Waals surface area (Å²) < 4.78 is 17.4. The van der Waals surface area contributed by atoms with Gasteiger partial charge in [0.15, 0.2) is 0 Å². The van der Waals surface area contributed by atoms with Crippen LogP contribution in [0, 0.1) is 0 Å². The number of ether oxygens (including phenoxy) is 3. The zero-order valence-corrected chi connectivity index (χ0v) is 19.0. The third-order valence-electron chi connectivity index (χ3n) is 5.41. The number of aliphatic hydroxyl groups is 1. The Kier molecular flexibility index (Phi) is 9.59. The topological polar surface area (TPSA) is 85.5 Å². The second-order valence-electron chi connectivity index (χ2n) is 8.52. The van der Waals surface area contributed by atoms with Crippen LogP contribution in [-0.2, 0) is 9.47 Å². The summed E-state index contributed by atoms with van der Waals surface area (Å²) in [7, 11) is 0. The molecule has 1 aromatic rings. The van der Waals surface area contributed by atoms with Crippen LogP contribution in [-0.4, -0.2) is 60.4 Å². The minimum Gasteiger partial charge on any atom is -0.493 e. The molecule has 3 heterocycles. The molecule has 172 valence electrons. The molecule has 0 saturated heterocycles. The standard InChI is InChI=1S/C24H37N3O4/c1-18-16-30-23(25-18)21-14-20(15-22(27-21)24-26-19(2)17-31-24)29-13-11-9-7-5-3-4-6-8-10-12-28/h14-15,18-19,28H,3-13,16-17H2,1-2H3/t18-,19-/m1/s1. The molecule has 0 saturated carbocycles. The lowest BCUT2D eigenvalue weighted by molar-refractivity contribution is 0.282. The lowest BCUT2D eigenvalue weighted by Gasteiger charge is -2.11. The minimum absolute atomic E-state index is 0.139. The number of hydrogen-bond acceptors (Lipinski definition) is 7. The van der Waals surface area contributed by atoms with Crippen LogP contribution in [0.4, 0.5) is 0 Å². The van der Waals surface area contributed by atoms with Gasteiger partial charge in [-0.05, 0) is 26.7 Å². The van der Waals surface area contributed by atoms with Crippen molar-refractivity contribution in [2.75, 3.05) is 26.4 Å². The molecule has 31 heavy (non-hydrogen) atoms. The highest BCUT2D eigenvalue weighted by Crippen LogP contribution is 2.21. The Bertz CT molecular complexity index is 704. The van der Waals surface area contributed by atoms with Crippen molar-refractivity contribution in [3.8, 4) is 5.75 Å². The average Bonchev–Trinajstić information content (AvgIpc) is 3.40. The molecule has 1 aromatic heterocycles. The number of pyridine rings is 1. The Morgan fingerprint density at radius 2 is 1.29 bits per heavy atom. The third kappa shape index (κ3) is 7.80. The van der Waals surface area contributed by atoms with Gasteiger partial charge in [0.25, 0.3) is 0 Å². The Morgan fingerprint density at radius 3 is 1.74 bits per heavy atom. The SMILES string of the molecule is C[C@@H]1COC(c2cc(OCCCCCCCCCCCO)cc(C3=N[C@H](C)CO3)n2)=N1. The van der Waals surface area contributed by atoms with Crippen molar-refractivity contribution in [3.63, 3.8) is 0 Å². The molecule has 0 spiro atoms. The van der Waals surface area contributed by atoms with E-state index in [1.165, 1.54) is 38.5 Å². The van der Waals surface area contributed by atoms with E-state index in [1.807, 2.05) is 26.0 Å². The maximum absolute atomic E-state index is 8.79. The monoisotopic (exact) mass is 431 g/mol. The highest BCUT2D eigenvalue weighted by atomic mass is 16.5. The molecule has 0 fully saturated rings. The van der Waals surface area contributed by atoms with Gasteiger partial charge in [-0.2, -0.15) is 0 Å². The average molecular weight is 432 g/mol. The van der Waals surface area contributed by atoms with Crippen LogP contribution in [0.1, 0.15) is 83.0 Å². The second-order valence-corrected chi connectivity index (χ2v) is 8.52. The third-order valence-corrected chi connectivity index (χ3v) is 5.41. The van der Waals surface area contributed by atoms with Gasteiger partial charge in [0.1, 0.15) is 30.4 Å². The van der Waals surface area contributed by atoms with E-state index >= 15 is 0 Å². The molecule has 0 radical (unpaired) electrons. The maximum atomic E-state index is 8.79. The van der Waals surface area contributed by atoms with Crippen molar-refractivity contribution in [2.45, 2.75) is 83.7 Å². The number of rotatable bonds is 14. The number of aliphatic imine (C=N–C) groups is 2. The van der Waals surface area contributed by atoms with Crippen molar-refractivity contribution < 1.29 is 19.3 Å². The summed E-state index contributed by atoms with van der Waals surface area (Å²) in [6.07, 6.45) is 10.6. The zero-order chi connectivity index (χ0) is 21.9. The molecule has 0 bridgehead atoms. The van der Waals surface area contributed by atoms with Crippen LogP contribution in [0.2, 0.25) is 0 Å². The largest absolute Gasteiger partial charge is 0.493 e. The molecule has 2 atom stereocenters. The molecule has 2 aliphatic heterocycles. The van der Waals surface area contributed by atoms with E-state index in [0.717, 1.165) is 25.0 Å². The Labute approximate surface area is 185 Å². The highest BCUT2D eigenvalue weighted by molar-refractivity contribution is 5.97. The van der Waals surface area contributed by atoms with E-state index in [0.29, 0.717) is 49.6 Å². The summed E-state index contributed by atoms with van der Waals surface area (Å²) >= 11 is 0. The van der Waals surface area contributed by atoms with E-state index in [9.17, 15) is 0 Å². The molecular weight excluding hydrogens is 394 g/mol. The van der Waals surface area contributed by atoms with Crippen LogP contribution in [0.3, 0.4) is 0 Å². The van der Waals surface area contributed by atoms with Gasteiger partial charge < -0.3 is 19.3 Å². The Morgan fingerprint density at radius 1 is 0.806 bits per heavy atom. The predicted octanol–water partition coefficient (Wildman–Crippen LogP) is 4.29. The summed E-state index contributed by atoms with van der Waals surface area (Å²) in [5, 5.41) is 8.79. The number of aliphatic hydroxyl groups excluding tert-OH is 1. The van der Waals surface area contributed by atoms with Crippen LogP contribution >= 0.6 is 0 Å². The fourth-order valence-corrected chi connectivity index (χ4v) is 3.68. The first-order valence-electron chi connectivity index (χ1n) is 11.8. The van der Waals surface area contributed by atoms with Gasteiger partial charge in [0, 0.05) is 18.7 Å². The Balaban J connectivity index is 1.46. The van der Waals surface area contributed by atoms with Crippen molar-refractivity contribution in [1.29, 1.82) is 0 Å². The van der Waals surface area contributed by atoms with E-state index in [-0.39, 0.29) is 12.1 Å². The molecule has 0 amide bonds. The smallest absolute Gasteiger partial charge is 0.235 e. The summed E-state index contributed by atoms with van der Waals surface area (Å²) in [4.78, 5) is 13.7. The van der Waals surface area contributed by atoms with E-state index in [1.54, 1.807) is 0 Å². The number of nitrogens with zero attached hydrogens (tertiary/aromatic N) is 3. The van der Waals surface area contributed by atoms with Gasteiger partial charge in [0.2, 0.25) is 11.8 Å². The molecule has 3 rings (SSSR count). The first-order chi connectivity index (χ1) is 15.2. The summed E-state index contributed by atoms with van der Waals surface area (Å²) in [6, 6.07) is 4.07. The summed E-state index contributed by atoms with van der Waals surface area (Å²) in [5.74, 6) is 1.87. The molecule has 7 heteroatoms. The number of unbranched alkanes of at least 4 members (excludes halogenated alkanes) is 8. The lowest BCUT2D eigenvalue weighted by Crippen LogP contribution is -2.11. The summed E-state index contributed by atoms with van der Waals surface area (Å²) in [5.41, 5.74) is 1.34. The van der Waals surface area contributed by atoms with Crippen LogP contribution in [0.25, 0.3) is 0 Å². The highest BCUT2D eigenvalue weighted by Gasteiger charge is 2.23. The number of aromatic nitrogens is 1. The van der Waals surface area contributed by atoms with Gasteiger partial charge in [-0.1, -0.05) is 44.9 Å². The second kappa shape index (κ2) is 12.6. The van der Waals surface area contributed by atoms with E-state index in [4.69, 9.17) is 19.3 Å². The first-order valence-corrected chi connectivity index (χ1v) is 11.8. The minimum atomic E-state index is 0.139. The predicted molar refractivity (Wildman–Crippen MR) is 122 cm³/mol. The Hall–Kier alpha value is -2.15. The molecule has 0 aliphatic carbocycles. The maximum Gasteiger partial charge on any atom is 0.235 e. The normalized spacial score (nSPS) is 20.2. The molecule has 0 aromatic carbocycles. The van der Waals surface area contributed by atoms with Crippen LogP contribution in [0.15, 0.2) is 22.1 Å². The van der Waals surface area contributed by atoms with Gasteiger partial charge in [0.05, 0.1) is 18.7 Å². The van der Waals surface area contributed by atoms with Gasteiger partial charge in [-0.3, -0.25) is 0 Å². The molecule has 7 nitrogen and oxygen atoms in total. The first kappa shape index (κ1) is 23.5. The van der Waals surface area contributed by atoms with Crippen LogP contribution in [0.5, 0.6) is 5.75 Å². The van der Waals surface area contributed by atoms with Crippen LogP contribution < -0.4 is 4.74 Å². The molecule has 1 N–H and O–H groups in total. The van der Waals surface area contributed by atoms with Gasteiger partial charge in [-0.15, -0.1) is 0 Å². The lowest BCUT2D eigenvalue weighted by atomic mass is 10.1. The summed E-state index contributed by atoms with van der Waals surface area (Å²) in [6.45, 7) is 6.19. The molecular formula is C24H37N3O4. The molecule has 2 aliphatic rings.